The van der Waals surface area contributed by atoms with Crippen LogP contribution in [0.3, 0.4) is 0 Å². The van der Waals surface area contributed by atoms with E-state index >= 15 is 0 Å². The van der Waals surface area contributed by atoms with Gasteiger partial charge in [0.2, 0.25) is 11.6 Å². The summed E-state index contributed by atoms with van der Waals surface area (Å²) >= 11 is 0. The van der Waals surface area contributed by atoms with Crippen molar-refractivity contribution in [2.45, 2.75) is 13.8 Å². The highest BCUT2D eigenvalue weighted by Crippen LogP contribution is 2.45. The van der Waals surface area contributed by atoms with Crippen LogP contribution in [0.1, 0.15) is 13.8 Å². The van der Waals surface area contributed by atoms with Crippen molar-refractivity contribution in [1.82, 2.24) is 0 Å². The number of hydrogen-bond acceptors (Lipinski definition) is 3. The number of carbonyl (C=O) groups is 2. The van der Waals surface area contributed by atoms with Crippen LogP contribution in [0.2, 0.25) is 0 Å². The fourth-order valence-corrected chi connectivity index (χ4v) is 3.72. The zero-order valence-corrected chi connectivity index (χ0v) is 12.1. The minimum atomic E-state index is -0.372. The SMILES string of the molecule is CC1=CC=CC2C3=C(C=CC12)C1=C(C(=O)C3=O)[C@@H](C)CO1. The van der Waals surface area contributed by atoms with E-state index in [4.69, 9.17) is 4.74 Å². The van der Waals surface area contributed by atoms with E-state index in [1.54, 1.807) is 0 Å². The fourth-order valence-electron chi connectivity index (χ4n) is 3.72. The Morgan fingerprint density at radius 2 is 1.86 bits per heavy atom. The van der Waals surface area contributed by atoms with Crippen LogP contribution in [-0.2, 0) is 14.3 Å². The predicted molar refractivity (Wildman–Crippen MR) is 78.2 cm³/mol. The summed E-state index contributed by atoms with van der Waals surface area (Å²) in [5.74, 6) is 0.0484. The molecule has 0 N–H and O–H groups in total. The van der Waals surface area contributed by atoms with E-state index in [9.17, 15) is 9.59 Å². The average molecular weight is 280 g/mol. The maximum Gasteiger partial charge on any atom is 0.233 e. The van der Waals surface area contributed by atoms with E-state index in [0.29, 0.717) is 23.5 Å². The molecule has 4 rings (SSSR count). The Kier molecular flexibility index (Phi) is 2.49. The number of fused-ring (bicyclic) bond motifs is 3. The van der Waals surface area contributed by atoms with Crippen molar-refractivity contribution in [3.05, 3.63) is 58.4 Å². The first-order valence-corrected chi connectivity index (χ1v) is 7.33. The molecule has 0 aromatic heterocycles. The molecule has 21 heavy (non-hydrogen) atoms. The average Bonchev–Trinajstić information content (AvgIpc) is 2.86. The molecule has 3 heteroatoms. The van der Waals surface area contributed by atoms with Gasteiger partial charge in [-0.1, -0.05) is 42.9 Å². The van der Waals surface area contributed by atoms with Gasteiger partial charge in [0.1, 0.15) is 5.76 Å². The molecular weight excluding hydrogens is 264 g/mol. The second-order valence-corrected chi connectivity index (χ2v) is 6.15. The number of Topliss-reactive ketones (excluding diaryl/α,β-unsaturated/α-hetero) is 2. The second kappa shape index (κ2) is 4.17. The third-order valence-electron chi connectivity index (χ3n) is 4.84. The molecule has 0 radical (unpaired) electrons. The van der Waals surface area contributed by atoms with Crippen LogP contribution in [0.4, 0.5) is 0 Å². The van der Waals surface area contributed by atoms with Crippen molar-refractivity contribution in [3.8, 4) is 0 Å². The highest BCUT2D eigenvalue weighted by molar-refractivity contribution is 6.50. The van der Waals surface area contributed by atoms with Gasteiger partial charge in [0.15, 0.2) is 0 Å². The maximum atomic E-state index is 12.6. The second-order valence-electron chi connectivity index (χ2n) is 6.15. The third-order valence-corrected chi connectivity index (χ3v) is 4.84. The smallest absolute Gasteiger partial charge is 0.233 e. The van der Waals surface area contributed by atoms with Crippen LogP contribution in [-0.4, -0.2) is 18.2 Å². The Hall–Kier alpha value is -2.16. The Labute approximate surface area is 123 Å². The number of ether oxygens (including phenoxy) is 1. The van der Waals surface area contributed by atoms with Gasteiger partial charge >= 0.3 is 0 Å². The van der Waals surface area contributed by atoms with E-state index in [2.05, 4.69) is 19.1 Å². The van der Waals surface area contributed by atoms with Crippen molar-refractivity contribution in [3.63, 3.8) is 0 Å². The first kappa shape index (κ1) is 12.6. The highest BCUT2D eigenvalue weighted by atomic mass is 16.5. The quantitative estimate of drug-likeness (QED) is 0.506. The first-order chi connectivity index (χ1) is 10.1. The zero-order chi connectivity index (χ0) is 14.7. The van der Waals surface area contributed by atoms with Crippen LogP contribution >= 0.6 is 0 Å². The van der Waals surface area contributed by atoms with E-state index in [1.165, 1.54) is 5.57 Å². The number of ketones is 2. The standard InChI is InChI=1S/C18H16O3/c1-9-4-3-5-12-11(9)6-7-13-15(12)17(20)16(19)14-10(2)8-21-18(13)14/h3-7,10-12H,8H2,1-2H3/t10-,11?,12?/m0/s1. The van der Waals surface area contributed by atoms with Gasteiger partial charge in [-0.15, -0.1) is 0 Å². The molecule has 0 spiro atoms. The molecule has 3 aliphatic carbocycles. The molecule has 1 aliphatic heterocycles. The monoisotopic (exact) mass is 280 g/mol. The van der Waals surface area contributed by atoms with Crippen LogP contribution in [0.15, 0.2) is 58.4 Å². The Morgan fingerprint density at radius 1 is 1.10 bits per heavy atom. The van der Waals surface area contributed by atoms with E-state index in [1.807, 2.05) is 25.2 Å². The lowest BCUT2D eigenvalue weighted by atomic mass is 9.69. The zero-order valence-electron chi connectivity index (χ0n) is 12.1. The molecule has 0 aromatic carbocycles. The number of hydrogen-bond donors (Lipinski definition) is 0. The largest absolute Gasteiger partial charge is 0.492 e. The molecule has 4 aliphatic rings. The normalized spacial score (nSPS) is 33.6. The Balaban J connectivity index is 1.91. The fraction of sp³-hybridized carbons (Fsp3) is 0.333. The first-order valence-electron chi connectivity index (χ1n) is 7.33. The topological polar surface area (TPSA) is 43.4 Å². The lowest BCUT2D eigenvalue weighted by molar-refractivity contribution is -0.132. The summed E-state index contributed by atoms with van der Waals surface area (Å²) in [6.45, 7) is 4.48. The summed E-state index contributed by atoms with van der Waals surface area (Å²) in [6, 6.07) is 0. The minimum absolute atomic E-state index is 0.000142. The number of rotatable bonds is 0. The summed E-state index contributed by atoms with van der Waals surface area (Å²) in [5, 5.41) is 0. The van der Waals surface area contributed by atoms with E-state index in [0.717, 1.165) is 5.57 Å². The van der Waals surface area contributed by atoms with Gasteiger partial charge in [0.05, 0.1) is 12.2 Å². The highest BCUT2D eigenvalue weighted by Gasteiger charge is 2.45. The summed E-state index contributed by atoms with van der Waals surface area (Å²) in [5.41, 5.74) is 3.21. The molecule has 0 fully saturated rings. The van der Waals surface area contributed by atoms with Crippen molar-refractivity contribution < 1.29 is 14.3 Å². The summed E-state index contributed by atoms with van der Waals surface area (Å²) < 4.78 is 5.72. The molecule has 0 saturated carbocycles. The van der Waals surface area contributed by atoms with Crippen LogP contribution in [0.25, 0.3) is 0 Å². The summed E-state index contributed by atoms with van der Waals surface area (Å²) in [7, 11) is 0. The van der Waals surface area contributed by atoms with Crippen LogP contribution < -0.4 is 0 Å². The Morgan fingerprint density at radius 3 is 2.67 bits per heavy atom. The minimum Gasteiger partial charge on any atom is -0.492 e. The van der Waals surface area contributed by atoms with E-state index < -0.39 is 0 Å². The van der Waals surface area contributed by atoms with Gasteiger partial charge in [-0.2, -0.15) is 0 Å². The number of allylic oxidation sites excluding steroid dienone is 7. The molecule has 106 valence electrons. The van der Waals surface area contributed by atoms with Crippen LogP contribution in [0, 0.1) is 17.8 Å². The molecule has 0 saturated heterocycles. The van der Waals surface area contributed by atoms with Gasteiger partial charge in [-0.3, -0.25) is 9.59 Å². The predicted octanol–water partition coefficient (Wildman–Crippen LogP) is 2.67. The third kappa shape index (κ3) is 1.54. The molecule has 3 nitrogen and oxygen atoms in total. The summed E-state index contributed by atoms with van der Waals surface area (Å²) in [6.07, 6.45) is 10.1. The maximum absolute atomic E-state index is 12.6. The molecule has 0 aromatic rings. The van der Waals surface area contributed by atoms with E-state index in [-0.39, 0.29) is 29.3 Å². The number of carbonyl (C=O) groups excluding carboxylic acids is 2. The summed E-state index contributed by atoms with van der Waals surface area (Å²) in [4.78, 5) is 25.1. The molecule has 1 heterocycles. The van der Waals surface area contributed by atoms with Crippen molar-refractivity contribution in [2.75, 3.05) is 6.61 Å². The van der Waals surface area contributed by atoms with Crippen molar-refractivity contribution in [1.29, 1.82) is 0 Å². The molecule has 0 amide bonds. The molecular formula is C18H16O3. The van der Waals surface area contributed by atoms with Gasteiger partial charge in [0.25, 0.3) is 0 Å². The van der Waals surface area contributed by atoms with Crippen LogP contribution in [0.5, 0.6) is 0 Å². The molecule has 0 bridgehead atoms. The molecule has 2 unspecified atom stereocenters. The van der Waals surface area contributed by atoms with Gasteiger partial charge in [-0.25, -0.2) is 0 Å². The molecule has 3 atom stereocenters. The van der Waals surface area contributed by atoms with Crippen molar-refractivity contribution >= 4 is 11.6 Å². The van der Waals surface area contributed by atoms with Gasteiger partial charge in [0, 0.05) is 28.9 Å². The Bertz CT molecular complexity index is 728. The lowest BCUT2D eigenvalue weighted by Crippen LogP contribution is -2.34. The van der Waals surface area contributed by atoms with Crippen molar-refractivity contribution in [2.24, 2.45) is 17.8 Å². The van der Waals surface area contributed by atoms with Gasteiger partial charge < -0.3 is 4.74 Å². The lowest BCUT2D eigenvalue weighted by Gasteiger charge is -2.33. The van der Waals surface area contributed by atoms with Gasteiger partial charge in [-0.05, 0) is 6.92 Å².